The summed E-state index contributed by atoms with van der Waals surface area (Å²) in [6, 6.07) is 1.18. The lowest BCUT2D eigenvalue weighted by molar-refractivity contribution is 0.179. The number of guanidine groups is 1. The highest BCUT2D eigenvalue weighted by molar-refractivity contribution is 14.0. The Morgan fingerprint density at radius 3 is 2.76 bits per heavy atom. The van der Waals surface area contributed by atoms with Crippen LogP contribution >= 0.6 is 24.0 Å². The number of aliphatic imine (C=N–C) groups is 1. The van der Waals surface area contributed by atoms with E-state index in [2.05, 4.69) is 29.4 Å². The van der Waals surface area contributed by atoms with E-state index in [1.54, 1.807) is 7.11 Å². The Labute approximate surface area is 146 Å². The number of nitrogens with one attached hydrogen (secondary N) is 2. The summed E-state index contributed by atoms with van der Waals surface area (Å²) in [4.78, 5) is 7.39. The fourth-order valence-corrected chi connectivity index (χ4v) is 2.85. The summed E-state index contributed by atoms with van der Waals surface area (Å²) in [6.07, 6.45) is 4.12. The van der Waals surface area contributed by atoms with E-state index < -0.39 is 0 Å². The molecule has 2 aliphatic rings. The molecule has 0 aromatic carbocycles. The molecule has 2 unspecified atom stereocenters. The molecule has 0 amide bonds. The average molecular weight is 410 g/mol. The largest absolute Gasteiger partial charge is 0.383 e. The van der Waals surface area contributed by atoms with Crippen molar-refractivity contribution < 1.29 is 4.74 Å². The summed E-state index contributed by atoms with van der Waals surface area (Å²) in [5.41, 5.74) is 0. The predicted molar refractivity (Wildman–Crippen MR) is 98.6 cm³/mol. The van der Waals surface area contributed by atoms with E-state index in [1.165, 1.54) is 32.4 Å². The third kappa shape index (κ3) is 6.69. The maximum atomic E-state index is 5.16. The van der Waals surface area contributed by atoms with E-state index in [9.17, 15) is 0 Å². The summed E-state index contributed by atoms with van der Waals surface area (Å²) >= 11 is 0. The van der Waals surface area contributed by atoms with Crippen LogP contribution in [0.25, 0.3) is 0 Å². The van der Waals surface area contributed by atoms with Crippen molar-refractivity contribution in [3.05, 3.63) is 0 Å². The fraction of sp³-hybridized carbons (Fsp3) is 0.933. The van der Waals surface area contributed by atoms with Gasteiger partial charge in [0.2, 0.25) is 0 Å². The number of halogens is 1. The molecule has 0 bridgehead atoms. The molecule has 0 spiro atoms. The van der Waals surface area contributed by atoms with Crippen molar-refractivity contribution in [2.75, 3.05) is 39.9 Å². The van der Waals surface area contributed by atoms with Crippen molar-refractivity contribution in [3.63, 3.8) is 0 Å². The zero-order valence-corrected chi connectivity index (χ0v) is 15.9. The van der Waals surface area contributed by atoms with Gasteiger partial charge in [-0.05, 0) is 45.6 Å². The van der Waals surface area contributed by atoms with Gasteiger partial charge < -0.3 is 20.3 Å². The SMILES string of the molecule is CCNC(=NCC1CCN(C2CC2)C1)NC(C)COC.I. The number of hydrogen-bond donors (Lipinski definition) is 2. The Hall–Kier alpha value is -0.0800. The molecular weight excluding hydrogens is 379 g/mol. The maximum Gasteiger partial charge on any atom is 0.191 e. The molecule has 2 N–H and O–H groups in total. The van der Waals surface area contributed by atoms with Crippen molar-refractivity contribution in [2.45, 2.75) is 45.2 Å². The minimum Gasteiger partial charge on any atom is -0.383 e. The molecule has 124 valence electrons. The van der Waals surface area contributed by atoms with Gasteiger partial charge in [0, 0.05) is 38.8 Å². The van der Waals surface area contributed by atoms with Crippen LogP contribution in [0, 0.1) is 5.92 Å². The van der Waals surface area contributed by atoms with Crippen LogP contribution in [-0.4, -0.2) is 62.8 Å². The van der Waals surface area contributed by atoms with Gasteiger partial charge in [-0.1, -0.05) is 0 Å². The lowest BCUT2D eigenvalue weighted by atomic mass is 10.1. The third-order valence-electron chi connectivity index (χ3n) is 4.03. The molecule has 5 nitrogen and oxygen atoms in total. The summed E-state index contributed by atoms with van der Waals surface area (Å²) in [6.45, 7) is 9.24. The zero-order chi connectivity index (χ0) is 14.4. The van der Waals surface area contributed by atoms with Crippen LogP contribution in [0.1, 0.15) is 33.1 Å². The first-order chi connectivity index (χ1) is 9.72. The normalized spacial score (nSPS) is 24.5. The average Bonchev–Trinajstić information content (AvgIpc) is 3.16. The molecule has 2 atom stereocenters. The molecule has 2 fully saturated rings. The molecule has 1 saturated heterocycles. The number of likely N-dealkylation sites (tertiary alicyclic amines) is 1. The van der Waals surface area contributed by atoms with Gasteiger partial charge in [0.15, 0.2) is 5.96 Å². The van der Waals surface area contributed by atoms with Gasteiger partial charge in [-0.2, -0.15) is 0 Å². The van der Waals surface area contributed by atoms with Crippen molar-refractivity contribution in [1.29, 1.82) is 0 Å². The first kappa shape index (κ1) is 19.0. The number of nitrogens with zero attached hydrogens (tertiary/aromatic N) is 2. The Bertz CT molecular complexity index is 323. The summed E-state index contributed by atoms with van der Waals surface area (Å²) in [5.74, 6) is 1.64. The van der Waals surface area contributed by atoms with Crippen molar-refractivity contribution in [2.24, 2.45) is 10.9 Å². The van der Waals surface area contributed by atoms with E-state index in [-0.39, 0.29) is 30.0 Å². The molecule has 0 radical (unpaired) electrons. The van der Waals surface area contributed by atoms with Gasteiger partial charge in [-0.15, -0.1) is 24.0 Å². The number of methoxy groups -OCH3 is 1. The van der Waals surface area contributed by atoms with Gasteiger partial charge in [0.1, 0.15) is 0 Å². The smallest absolute Gasteiger partial charge is 0.191 e. The number of rotatable bonds is 7. The van der Waals surface area contributed by atoms with E-state index in [0.29, 0.717) is 6.61 Å². The summed E-state index contributed by atoms with van der Waals surface area (Å²) < 4.78 is 5.16. The monoisotopic (exact) mass is 410 g/mol. The quantitative estimate of drug-likeness (QED) is 0.381. The van der Waals surface area contributed by atoms with Gasteiger partial charge in [-0.3, -0.25) is 4.99 Å². The van der Waals surface area contributed by atoms with Crippen molar-refractivity contribution in [1.82, 2.24) is 15.5 Å². The molecule has 2 rings (SSSR count). The summed E-state index contributed by atoms with van der Waals surface area (Å²) in [5, 5.41) is 6.70. The van der Waals surface area contributed by atoms with Crippen molar-refractivity contribution in [3.8, 4) is 0 Å². The molecular formula is C15H31IN4O. The lowest BCUT2D eigenvalue weighted by Gasteiger charge is -2.18. The highest BCUT2D eigenvalue weighted by Crippen LogP contribution is 2.31. The van der Waals surface area contributed by atoms with Crippen LogP contribution in [0.4, 0.5) is 0 Å². The second-order valence-electron chi connectivity index (χ2n) is 6.10. The topological polar surface area (TPSA) is 48.9 Å². The van der Waals surface area contributed by atoms with E-state index in [4.69, 9.17) is 9.73 Å². The van der Waals surface area contributed by atoms with E-state index in [1.807, 2.05) is 0 Å². The molecule has 1 aliphatic heterocycles. The van der Waals surface area contributed by atoms with Crippen LogP contribution in [0.5, 0.6) is 0 Å². The van der Waals surface area contributed by atoms with Crippen LogP contribution in [0.2, 0.25) is 0 Å². The van der Waals surface area contributed by atoms with Gasteiger partial charge >= 0.3 is 0 Å². The predicted octanol–water partition coefficient (Wildman–Crippen LogP) is 1.68. The second kappa shape index (κ2) is 9.84. The maximum absolute atomic E-state index is 5.16. The van der Waals surface area contributed by atoms with Gasteiger partial charge in [0.25, 0.3) is 0 Å². The first-order valence-electron chi connectivity index (χ1n) is 8.00. The first-order valence-corrected chi connectivity index (χ1v) is 8.00. The fourth-order valence-electron chi connectivity index (χ4n) is 2.85. The van der Waals surface area contributed by atoms with Crippen LogP contribution in [0.15, 0.2) is 4.99 Å². The van der Waals surface area contributed by atoms with E-state index in [0.717, 1.165) is 31.0 Å². The standard InChI is InChI=1S/C15H30N4O.HI/c1-4-16-15(18-12(2)11-20-3)17-9-13-7-8-19(10-13)14-5-6-14;/h12-14H,4-11H2,1-3H3,(H2,16,17,18);1H. The molecule has 1 saturated carbocycles. The number of hydrogen-bond acceptors (Lipinski definition) is 3. The summed E-state index contributed by atoms with van der Waals surface area (Å²) in [7, 11) is 1.73. The van der Waals surface area contributed by atoms with Crippen molar-refractivity contribution >= 4 is 29.9 Å². The van der Waals surface area contributed by atoms with Gasteiger partial charge in [0.05, 0.1) is 6.61 Å². The Morgan fingerprint density at radius 2 is 2.14 bits per heavy atom. The zero-order valence-electron chi connectivity index (χ0n) is 13.6. The molecule has 6 heteroatoms. The molecule has 21 heavy (non-hydrogen) atoms. The Balaban J connectivity index is 0.00000220. The minimum atomic E-state index is 0. The second-order valence-corrected chi connectivity index (χ2v) is 6.10. The molecule has 1 heterocycles. The number of ether oxygens (including phenoxy) is 1. The van der Waals surface area contributed by atoms with Crippen LogP contribution in [0.3, 0.4) is 0 Å². The minimum absolute atomic E-state index is 0. The Morgan fingerprint density at radius 1 is 1.38 bits per heavy atom. The van der Waals surface area contributed by atoms with Gasteiger partial charge in [-0.25, -0.2) is 0 Å². The highest BCUT2D eigenvalue weighted by atomic mass is 127. The lowest BCUT2D eigenvalue weighted by Crippen LogP contribution is -2.44. The van der Waals surface area contributed by atoms with Crippen LogP contribution in [-0.2, 0) is 4.74 Å². The van der Waals surface area contributed by atoms with E-state index >= 15 is 0 Å². The third-order valence-corrected chi connectivity index (χ3v) is 4.03. The molecule has 0 aromatic rings. The van der Waals surface area contributed by atoms with Crippen LogP contribution < -0.4 is 10.6 Å². The molecule has 0 aromatic heterocycles. The molecule has 1 aliphatic carbocycles. The highest BCUT2D eigenvalue weighted by Gasteiger charge is 2.34. The Kier molecular flexibility index (Phi) is 8.89.